The Kier molecular flexibility index (Phi) is 16.4. The summed E-state index contributed by atoms with van der Waals surface area (Å²) in [5, 5.41) is 33.3. The number of hydrogen-bond donors (Lipinski definition) is 11. The van der Waals surface area contributed by atoms with E-state index in [2.05, 4.69) is 48.5 Å². The normalized spacial score (nSPS) is 29.2. The molecular formula is C36H50N16O24P4. The fraction of sp³-hybridized carbons (Fsp3) is 0.556. The number of rotatable bonds is 21. The third-order valence-corrected chi connectivity index (χ3v) is 18.0. The van der Waals surface area contributed by atoms with Crippen LogP contribution in [0.2, 0.25) is 0 Å². The van der Waals surface area contributed by atoms with E-state index in [0.717, 1.165) is 35.6 Å². The standard InChI is InChI=1S/C36H50N16O24P4/c1-13(53)48(2)5-14-15(71-32(21(14)54)52-12-49(3)20-29(52)45-36(39)47-31(20)58)6-69-78(61,62)75-80(65,66)76-79(63,64)70-8-17-24(25(67-4)34(73-17)50-10-42-18-26(37)40-9-41-27(18)50)74-77(59,60)68-7-16-22(55)23(56)33(72-16)51-11-43-19-28(51)44-35(38)46-30(19)57/h9-12,14-17,21-25,32-34,54-56H,5-8H2,1-4H3,(H11-,37,38,39,40,41,44,45,46,47,57,58,59,60,61,62,63,64,65,66)/t14-,15-,16-,17-,21-,22-,23-,24-,25-,32-,33-,34-/m1/s1. The number of imidazole rings is 3. The topological polar surface area (TPSA) is 565 Å². The molecule has 14 N–H and O–H groups in total. The van der Waals surface area contributed by atoms with E-state index in [-0.39, 0.29) is 57.8 Å². The minimum absolute atomic E-state index is 0.000796. The highest BCUT2D eigenvalue weighted by atomic mass is 31.3. The number of H-pyrrole nitrogens is 2. The first-order valence-electron chi connectivity index (χ1n) is 23.0. The third kappa shape index (κ3) is 12.0. The molecule has 40 nitrogen and oxygen atoms in total. The van der Waals surface area contributed by atoms with Crippen LogP contribution in [0.1, 0.15) is 25.6 Å². The fourth-order valence-electron chi connectivity index (χ4n) is 9.04. The number of phosphoric acid groups is 4. The Labute approximate surface area is 445 Å². The van der Waals surface area contributed by atoms with Gasteiger partial charge in [0.2, 0.25) is 30.4 Å². The summed E-state index contributed by atoms with van der Waals surface area (Å²) in [5.41, 5.74) is 15.5. The van der Waals surface area contributed by atoms with Crippen LogP contribution < -0.4 is 37.8 Å². The van der Waals surface area contributed by atoms with Gasteiger partial charge in [-0.2, -0.15) is 23.2 Å². The van der Waals surface area contributed by atoms with E-state index in [9.17, 15) is 67.5 Å². The Balaban J connectivity index is 0.879. The van der Waals surface area contributed by atoms with Crippen molar-refractivity contribution in [3.05, 3.63) is 46.0 Å². The Morgan fingerprint density at radius 1 is 0.738 bits per heavy atom. The fourth-order valence-corrected chi connectivity index (χ4v) is 13.5. The molecule has 3 saturated heterocycles. The summed E-state index contributed by atoms with van der Waals surface area (Å²) in [4.78, 5) is 113. The summed E-state index contributed by atoms with van der Waals surface area (Å²) in [6.07, 6.45) is -13.6. The number of carbonyl (C=O) groups excluding carboxylic acids is 1. The van der Waals surface area contributed by atoms with Crippen LogP contribution in [0.5, 0.6) is 0 Å². The molecule has 0 bridgehead atoms. The number of amides is 1. The number of aromatic amines is 2. The number of methoxy groups -OCH3 is 1. The van der Waals surface area contributed by atoms with Crippen molar-refractivity contribution in [1.82, 2.24) is 58.5 Å². The number of anilines is 3. The molecule has 80 heavy (non-hydrogen) atoms. The molecule has 0 saturated carbocycles. The number of aromatic nitrogens is 12. The highest BCUT2D eigenvalue weighted by Gasteiger charge is 2.53. The molecule has 44 heteroatoms. The highest BCUT2D eigenvalue weighted by molar-refractivity contribution is 7.66. The smallest absolute Gasteiger partial charge is 0.490 e. The summed E-state index contributed by atoms with van der Waals surface area (Å²) in [6.45, 7) is -2.45. The van der Waals surface area contributed by atoms with E-state index < -0.39 is 142 Å². The summed E-state index contributed by atoms with van der Waals surface area (Å²) in [5.74, 6) is -2.35. The molecule has 3 aliphatic heterocycles. The molecular weight excluding hydrogens is 1160 g/mol. The molecule has 0 radical (unpaired) electrons. The van der Waals surface area contributed by atoms with Gasteiger partial charge in [-0.1, -0.05) is 0 Å². The van der Waals surface area contributed by atoms with Gasteiger partial charge in [-0.25, -0.2) is 38.2 Å². The quantitative estimate of drug-likeness (QED) is 0.0239. The van der Waals surface area contributed by atoms with Crippen molar-refractivity contribution in [2.45, 2.75) is 74.4 Å². The van der Waals surface area contributed by atoms with Crippen LogP contribution in [0.3, 0.4) is 0 Å². The van der Waals surface area contributed by atoms with Crippen molar-refractivity contribution in [3.63, 3.8) is 0 Å². The van der Waals surface area contributed by atoms with E-state index in [1.165, 1.54) is 41.0 Å². The lowest BCUT2D eigenvalue weighted by molar-refractivity contribution is -0.646. The average Bonchev–Trinajstić information content (AvgIpc) is 4.23. The van der Waals surface area contributed by atoms with Crippen molar-refractivity contribution in [2.75, 3.05) is 57.7 Å². The SMILES string of the molecule is CO[C@@H]1[C@H](OP(=O)([O-])OC[C@H]2O[C@@H](n3cnc4c(=O)[nH]c(N)nc43)[C@H](O)[C@@H]2O)[C@@H](COP(=O)(O)OP(=O)(O)OP(=O)(O)OC[C@H]2O[C@@H](n3c[n+](C)c4c(=O)[nH]c(N)nc43)[C@H](O)[C@@H]2CN(C)C(C)=O)O[C@H]1n1cnc2c(N)ncnc21. The van der Waals surface area contributed by atoms with Gasteiger partial charge in [0.15, 0.2) is 35.1 Å². The van der Waals surface area contributed by atoms with Gasteiger partial charge in [0, 0.05) is 33.5 Å². The lowest BCUT2D eigenvalue weighted by Gasteiger charge is -2.31. The largest absolute Gasteiger partial charge is 0.756 e. The number of nitrogens with zero attached hydrogens (tertiary/aromatic N) is 11. The van der Waals surface area contributed by atoms with E-state index in [1.54, 1.807) is 0 Å². The number of fused-ring (bicyclic) bond motifs is 3. The molecule has 4 unspecified atom stereocenters. The molecule has 438 valence electrons. The molecule has 16 atom stereocenters. The Hall–Kier alpha value is -5.64. The van der Waals surface area contributed by atoms with Crippen LogP contribution >= 0.6 is 31.3 Å². The van der Waals surface area contributed by atoms with Crippen LogP contribution in [0.25, 0.3) is 33.5 Å². The van der Waals surface area contributed by atoms with Gasteiger partial charge in [0.05, 0.1) is 45.6 Å². The Morgan fingerprint density at radius 2 is 1.30 bits per heavy atom. The van der Waals surface area contributed by atoms with Gasteiger partial charge in [0.1, 0.15) is 54.6 Å². The first-order valence-corrected chi connectivity index (χ1v) is 28.9. The molecule has 6 aromatic heterocycles. The minimum Gasteiger partial charge on any atom is -0.756 e. The van der Waals surface area contributed by atoms with Gasteiger partial charge in [-0.15, -0.1) is 0 Å². The zero-order chi connectivity index (χ0) is 58.1. The molecule has 1 amide bonds. The molecule has 3 fully saturated rings. The van der Waals surface area contributed by atoms with Gasteiger partial charge in [-0.05, 0) is 0 Å². The Bertz CT molecular complexity index is 3660. The van der Waals surface area contributed by atoms with E-state index in [1.807, 2.05) is 0 Å². The van der Waals surface area contributed by atoms with Crippen molar-refractivity contribution in [1.29, 1.82) is 0 Å². The molecule has 0 aliphatic carbocycles. The van der Waals surface area contributed by atoms with Crippen molar-refractivity contribution in [3.8, 4) is 0 Å². The maximum Gasteiger partial charge on any atom is 0.490 e. The summed E-state index contributed by atoms with van der Waals surface area (Å²) >= 11 is 0. The van der Waals surface area contributed by atoms with Gasteiger partial charge in [0.25, 0.3) is 24.5 Å². The second-order valence-electron chi connectivity index (χ2n) is 18.0. The number of nitrogens with two attached hydrogens (primary N) is 3. The molecule has 0 spiro atoms. The highest BCUT2D eigenvalue weighted by Crippen LogP contribution is 2.68. The average molecular weight is 1210 g/mol. The summed E-state index contributed by atoms with van der Waals surface area (Å²) in [6, 6.07) is 0. The number of ether oxygens (including phenoxy) is 4. The Morgan fingerprint density at radius 3 is 1.95 bits per heavy atom. The number of nitrogen functional groups attached to an aromatic ring is 3. The molecule has 9 heterocycles. The van der Waals surface area contributed by atoms with Crippen LogP contribution in [0.4, 0.5) is 17.7 Å². The van der Waals surface area contributed by atoms with Crippen LogP contribution in [0, 0.1) is 5.92 Å². The predicted molar refractivity (Wildman–Crippen MR) is 258 cm³/mol. The molecule has 9 rings (SSSR count). The number of aryl methyl sites for hydroxylation is 1. The zero-order valence-corrected chi connectivity index (χ0v) is 45.1. The van der Waals surface area contributed by atoms with E-state index in [0.29, 0.717) is 0 Å². The summed E-state index contributed by atoms with van der Waals surface area (Å²) in [7, 11) is -19.9. The van der Waals surface area contributed by atoms with Crippen molar-refractivity contribution >= 4 is 88.4 Å². The lowest BCUT2D eigenvalue weighted by Crippen LogP contribution is -2.39. The maximum atomic E-state index is 13.6. The number of hydrogen-bond acceptors (Lipinski definition) is 30. The first-order chi connectivity index (χ1) is 37.5. The zero-order valence-electron chi connectivity index (χ0n) is 41.5. The van der Waals surface area contributed by atoms with Crippen LogP contribution in [0.15, 0.2) is 34.9 Å². The molecule has 3 aliphatic rings. The second-order valence-corrected chi connectivity index (χ2v) is 24.0. The third-order valence-electron chi connectivity index (χ3n) is 12.8. The van der Waals surface area contributed by atoms with E-state index in [4.69, 9.17) is 54.2 Å². The van der Waals surface area contributed by atoms with Crippen molar-refractivity contribution < 1.29 is 108 Å². The second kappa shape index (κ2) is 22.3. The van der Waals surface area contributed by atoms with Gasteiger partial charge < -0.3 is 85.0 Å². The van der Waals surface area contributed by atoms with Gasteiger partial charge in [-0.3, -0.25) is 47.1 Å². The number of carbonyl (C=O) groups is 1. The lowest BCUT2D eigenvalue weighted by atomic mass is 9.97. The number of aliphatic hydroxyl groups excluding tert-OH is 3. The number of aliphatic hydroxyl groups is 3. The summed E-state index contributed by atoms with van der Waals surface area (Å²) < 4.78 is 110. The van der Waals surface area contributed by atoms with Crippen LogP contribution in [-0.2, 0) is 75.8 Å². The first kappa shape index (κ1) is 59.0. The van der Waals surface area contributed by atoms with Gasteiger partial charge >= 0.3 is 29.0 Å². The minimum atomic E-state index is -6.24. The number of nitrogens with one attached hydrogen (secondary N) is 2. The van der Waals surface area contributed by atoms with Crippen LogP contribution in [-0.4, -0.2) is 184 Å². The van der Waals surface area contributed by atoms with E-state index >= 15 is 0 Å². The van der Waals surface area contributed by atoms with Crippen molar-refractivity contribution in [2.24, 2.45) is 13.0 Å². The molecule has 6 aromatic rings. The maximum absolute atomic E-state index is 13.6. The predicted octanol–water partition coefficient (Wildman–Crippen LogP) is -4.61. The monoisotopic (exact) mass is 1210 g/mol. The number of phosphoric ester groups is 3. The molecule has 0 aromatic carbocycles.